The van der Waals surface area contributed by atoms with Crippen LogP contribution < -0.4 is 10.6 Å². The minimum absolute atomic E-state index is 0.325. The van der Waals surface area contributed by atoms with Crippen molar-refractivity contribution >= 4 is 39.6 Å². The molecule has 2 aromatic rings. The van der Waals surface area contributed by atoms with Gasteiger partial charge < -0.3 is 15.4 Å². The van der Waals surface area contributed by atoms with E-state index in [1.807, 2.05) is 44.2 Å². The summed E-state index contributed by atoms with van der Waals surface area (Å²) in [4.78, 5) is 13.7. The van der Waals surface area contributed by atoms with Gasteiger partial charge in [0.25, 0.3) is 0 Å². The van der Waals surface area contributed by atoms with Gasteiger partial charge in [0.2, 0.25) is 0 Å². The molecular weight excluding hydrogens is 376 g/mol. The second-order valence-electron chi connectivity index (χ2n) is 6.27. The van der Waals surface area contributed by atoms with E-state index in [0.717, 1.165) is 34.0 Å². The number of nitrogens with one attached hydrogen (secondary N) is 2. The van der Waals surface area contributed by atoms with Crippen molar-refractivity contribution in [1.82, 2.24) is 5.32 Å². The van der Waals surface area contributed by atoms with Crippen LogP contribution in [0.4, 0.5) is 5.00 Å². The first kappa shape index (κ1) is 21.4. The number of rotatable bonds is 9. The lowest BCUT2D eigenvalue weighted by Crippen LogP contribution is -2.29. The van der Waals surface area contributed by atoms with Gasteiger partial charge in [-0.3, -0.25) is 0 Å². The van der Waals surface area contributed by atoms with E-state index in [1.54, 1.807) is 0 Å². The van der Waals surface area contributed by atoms with Gasteiger partial charge in [-0.25, -0.2) is 4.79 Å². The zero-order valence-corrected chi connectivity index (χ0v) is 17.9. The molecule has 1 heterocycles. The van der Waals surface area contributed by atoms with E-state index >= 15 is 0 Å². The molecule has 0 radical (unpaired) electrons. The number of hydrogen-bond acceptors (Lipinski definition) is 4. The Kier molecular flexibility index (Phi) is 8.75. The maximum Gasteiger partial charge on any atom is 0.341 e. The van der Waals surface area contributed by atoms with E-state index in [-0.39, 0.29) is 5.97 Å². The molecule has 2 rings (SSSR count). The predicted molar refractivity (Wildman–Crippen MR) is 119 cm³/mol. The second-order valence-corrected chi connectivity index (χ2v) is 7.90. The number of anilines is 1. The van der Waals surface area contributed by atoms with E-state index in [1.165, 1.54) is 30.6 Å². The number of carbonyl (C=O) groups is 1. The molecule has 0 amide bonds. The quantitative estimate of drug-likeness (QED) is 0.316. The molecule has 0 unspecified atom stereocenters. The Hall–Kier alpha value is -1.92. The molecule has 2 N–H and O–H groups in total. The summed E-state index contributed by atoms with van der Waals surface area (Å²) in [6.45, 7) is 7.19. The average molecular weight is 405 g/mol. The number of ether oxygens (including phenoxy) is 1. The second kappa shape index (κ2) is 11.0. The molecule has 0 fully saturated rings. The molecule has 0 aliphatic carbocycles. The zero-order chi connectivity index (χ0) is 19.6. The number of hydrogen-bond donors (Lipinski definition) is 2. The fourth-order valence-electron chi connectivity index (χ4n) is 2.88. The highest BCUT2D eigenvalue weighted by Crippen LogP contribution is 2.40. The summed E-state index contributed by atoms with van der Waals surface area (Å²) < 4.78 is 5.32. The van der Waals surface area contributed by atoms with Crippen molar-refractivity contribution in [3.05, 3.63) is 40.8 Å². The summed E-state index contributed by atoms with van der Waals surface area (Å²) in [6, 6.07) is 9.91. The molecule has 146 valence electrons. The number of benzene rings is 1. The van der Waals surface area contributed by atoms with Crippen molar-refractivity contribution in [1.29, 1.82) is 0 Å². The Morgan fingerprint density at radius 2 is 1.89 bits per heavy atom. The lowest BCUT2D eigenvalue weighted by atomic mass is 10.0. The fourth-order valence-corrected chi connectivity index (χ4v) is 4.22. The molecule has 1 aromatic carbocycles. The normalized spacial score (nSPS) is 10.5. The Morgan fingerprint density at radius 1 is 1.15 bits per heavy atom. The van der Waals surface area contributed by atoms with Crippen molar-refractivity contribution < 1.29 is 9.53 Å². The lowest BCUT2D eigenvalue weighted by Gasteiger charge is -2.12. The number of thiophene rings is 1. The maximum absolute atomic E-state index is 12.7. The van der Waals surface area contributed by atoms with Crippen LogP contribution in [0.1, 0.15) is 54.8 Å². The highest BCUT2D eigenvalue weighted by molar-refractivity contribution is 7.80. The highest BCUT2D eigenvalue weighted by Gasteiger charge is 2.24. The van der Waals surface area contributed by atoms with E-state index in [4.69, 9.17) is 17.0 Å². The van der Waals surface area contributed by atoms with Crippen molar-refractivity contribution in [2.45, 2.75) is 46.5 Å². The van der Waals surface area contributed by atoms with E-state index in [2.05, 4.69) is 17.6 Å². The molecule has 0 saturated carbocycles. The van der Waals surface area contributed by atoms with Gasteiger partial charge in [-0.1, -0.05) is 56.5 Å². The summed E-state index contributed by atoms with van der Waals surface area (Å²) >= 11 is 6.95. The first-order chi connectivity index (χ1) is 13.1. The predicted octanol–water partition coefficient (Wildman–Crippen LogP) is 5.77. The van der Waals surface area contributed by atoms with Crippen LogP contribution in [0, 0.1) is 6.92 Å². The molecule has 0 aliphatic rings. The van der Waals surface area contributed by atoms with Crippen molar-refractivity contribution in [2.75, 3.05) is 18.5 Å². The molecule has 0 atom stereocenters. The highest BCUT2D eigenvalue weighted by atomic mass is 32.1. The Bertz CT molecular complexity index is 757. The SMILES string of the molecule is CCCCCCNC(=S)Nc1sc(C)c(-c2ccccc2)c1C(=O)OCC. The van der Waals surface area contributed by atoms with Crippen LogP contribution in [-0.4, -0.2) is 24.2 Å². The number of unbranched alkanes of at least 4 members (excludes halogenated alkanes) is 3. The molecule has 6 heteroatoms. The van der Waals surface area contributed by atoms with Crippen LogP contribution in [0.25, 0.3) is 11.1 Å². The minimum Gasteiger partial charge on any atom is -0.462 e. The van der Waals surface area contributed by atoms with E-state index in [0.29, 0.717) is 17.3 Å². The minimum atomic E-state index is -0.325. The largest absolute Gasteiger partial charge is 0.462 e. The smallest absolute Gasteiger partial charge is 0.341 e. The number of esters is 1. The van der Waals surface area contributed by atoms with Crippen molar-refractivity contribution in [3.8, 4) is 11.1 Å². The van der Waals surface area contributed by atoms with Crippen LogP contribution in [-0.2, 0) is 4.74 Å². The maximum atomic E-state index is 12.7. The van der Waals surface area contributed by atoms with Gasteiger partial charge in [-0.05, 0) is 38.0 Å². The molecule has 0 spiro atoms. The summed E-state index contributed by atoms with van der Waals surface area (Å²) in [5.41, 5.74) is 2.47. The Labute approximate surface area is 171 Å². The molecule has 0 aliphatic heterocycles. The van der Waals surface area contributed by atoms with Crippen molar-refractivity contribution in [3.63, 3.8) is 0 Å². The molecule has 0 bridgehead atoms. The first-order valence-corrected chi connectivity index (χ1v) is 10.7. The molecule has 4 nitrogen and oxygen atoms in total. The lowest BCUT2D eigenvalue weighted by molar-refractivity contribution is 0.0529. The number of thiocarbonyl (C=S) groups is 1. The third-order valence-electron chi connectivity index (χ3n) is 4.17. The fraction of sp³-hybridized carbons (Fsp3) is 0.429. The van der Waals surface area contributed by atoms with Crippen molar-refractivity contribution in [2.24, 2.45) is 0 Å². The van der Waals surface area contributed by atoms with Gasteiger partial charge in [0, 0.05) is 17.0 Å². The van der Waals surface area contributed by atoms with Gasteiger partial charge in [-0.15, -0.1) is 11.3 Å². The zero-order valence-electron chi connectivity index (χ0n) is 16.3. The third kappa shape index (κ3) is 6.04. The third-order valence-corrected chi connectivity index (χ3v) is 5.44. The molecule has 27 heavy (non-hydrogen) atoms. The van der Waals surface area contributed by atoms with E-state index in [9.17, 15) is 4.79 Å². The topological polar surface area (TPSA) is 50.4 Å². The Balaban J connectivity index is 2.20. The summed E-state index contributed by atoms with van der Waals surface area (Å²) in [5, 5.41) is 7.71. The summed E-state index contributed by atoms with van der Waals surface area (Å²) in [6.07, 6.45) is 4.72. The Morgan fingerprint density at radius 3 is 2.56 bits per heavy atom. The van der Waals surface area contributed by atoms with Gasteiger partial charge in [0.15, 0.2) is 5.11 Å². The number of carbonyl (C=O) groups excluding carboxylic acids is 1. The van der Waals surface area contributed by atoms with Gasteiger partial charge in [-0.2, -0.15) is 0 Å². The molecular formula is C21H28N2O2S2. The van der Waals surface area contributed by atoms with Crippen LogP contribution in [0.3, 0.4) is 0 Å². The average Bonchev–Trinajstić information content (AvgIpc) is 2.98. The number of aryl methyl sites for hydroxylation is 1. The summed E-state index contributed by atoms with van der Waals surface area (Å²) in [5.74, 6) is -0.325. The van der Waals surface area contributed by atoms with Crippen LogP contribution in [0.5, 0.6) is 0 Å². The van der Waals surface area contributed by atoms with Gasteiger partial charge in [0.05, 0.1) is 6.61 Å². The van der Waals surface area contributed by atoms with Gasteiger partial charge in [0.1, 0.15) is 10.6 Å². The monoisotopic (exact) mass is 404 g/mol. The molecule has 0 saturated heterocycles. The first-order valence-electron chi connectivity index (χ1n) is 9.49. The van der Waals surface area contributed by atoms with E-state index < -0.39 is 0 Å². The standard InChI is InChI=1S/C21H28N2O2S2/c1-4-6-7-11-14-22-21(26)23-19-18(20(24)25-5-2)17(15(3)27-19)16-12-9-8-10-13-16/h8-10,12-13H,4-7,11,14H2,1-3H3,(H2,22,23,26). The summed E-state index contributed by atoms with van der Waals surface area (Å²) in [7, 11) is 0. The van der Waals surface area contributed by atoms with Crippen LogP contribution in [0.2, 0.25) is 0 Å². The van der Waals surface area contributed by atoms with Gasteiger partial charge >= 0.3 is 5.97 Å². The van der Waals surface area contributed by atoms with Crippen LogP contribution in [0.15, 0.2) is 30.3 Å². The molecule has 1 aromatic heterocycles. The van der Waals surface area contributed by atoms with Crippen LogP contribution >= 0.6 is 23.6 Å².